The first-order valence-corrected chi connectivity index (χ1v) is 10.8. The van der Waals surface area contributed by atoms with E-state index in [1.165, 1.54) is 26.2 Å². The maximum Gasteiger partial charge on any atom is 0.311 e. The van der Waals surface area contributed by atoms with Crippen LogP contribution in [0.25, 0.3) is 0 Å². The highest BCUT2D eigenvalue weighted by atomic mass is 16.6. The molecule has 1 spiro atoms. The third-order valence-corrected chi connectivity index (χ3v) is 6.98. The van der Waals surface area contributed by atoms with Crippen molar-refractivity contribution in [3.63, 3.8) is 0 Å². The number of hydrogen-bond acceptors (Lipinski definition) is 8. The highest BCUT2D eigenvalue weighted by Crippen LogP contribution is 2.54. The van der Waals surface area contributed by atoms with Crippen molar-refractivity contribution >= 4 is 40.7 Å². The van der Waals surface area contributed by atoms with Gasteiger partial charge in [0.2, 0.25) is 23.6 Å². The summed E-state index contributed by atoms with van der Waals surface area (Å²) >= 11 is 0. The number of carbonyl (C=O) groups is 4. The van der Waals surface area contributed by atoms with E-state index in [9.17, 15) is 29.3 Å². The maximum absolute atomic E-state index is 13.9. The normalized spacial score (nSPS) is 26.6. The van der Waals surface area contributed by atoms with E-state index in [0.29, 0.717) is 16.8 Å². The van der Waals surface area contributed by atoms with Crippen molar-refractivity contribution < 1.29 is 28.8 Å². The number of amides is 4. The molecular weight excluding hydrogens is 458 g/mol. The first-order valence-electron chi connectivity index (χ1n) is 10.8. The molecular formula is C23H21N5O7. The maximum atomic E-state index is 13.9. The van der Waals surface area contributed by atoms with E-state index < -0.39 is 52.0 Å². The third kappa shape index (κ3) is 2.96. The molecule has 2 aromatic rings. The second-order valence-electron chi connectivity index (χ2n) is 8.81. The van der Waals surface area contributed by atoms with E-state index >= 15 is 0 Å². The lowest BCUT2D eigenvalue weighted by molar-refractivity contribution is -0.385. The second-order valence-corrected chi connectivity index (χ2v) is 8.81. The molecule has 0 aliphatic carbocycles. The van der Waals surface area contributed by atoms with Crippen LogP contribution in [0.15, 0.2) is 36.4 Å². The number of anilines is 2. The molecule has 4 amide bonds. The number of para-hydroxylation sites is 1. The van der Waals surface area contributed by atoms with Gasteiger partial charge >= 0.3 is 5.69 Å². The number of ether oxygens (including phenoxy) is 1. The summed E-state index contributed by atoms with van der Waals surface area (Å²) in [5, 5.41) is 17.3. The molecule has 3 heterocycles. The first kappa shape index (κ1) is 22.5. The molecule has 35 heavy (non-hydrogen) atoms. The van der Waals surface area contributed by atoms with E-state index in [2.05, 4.69) is 10.6 Å². The van der Waals surface area contributed by atoms with Gasteiger partial charge < -0.3 is 15.8 Å². The third-order valence-electron chi connectivity index (χ3n) is 6.98. The average molecular weight is 479 g/mol. The minimum atomic E-state index is -1.58. The molecule has 5 rings (SSSR count). The number of methoxy groups -OCH3 is 1. The van der Waals surface area contributed by atoms with Crippen LogP contribution in [0.2, 0.25) is 0 Å². The Labute approximate surface area is 198 Å². The van der Waals surface area contributed by atoms with Crippen molar-refractivity contribution in [2.24, 2.45) is 17.6 Å². The Bertz CT molecular complexity index is 1340. The Morgan fingerprint density at radius 2 is 1.94 bits per heavy atom. The zero-order valence-corrected chi connectivity index (χ0v) is 18.7. The van der Waals surface area contributed by atoms with Crippen molar-refractivity contribution in [1.82, 2.24) is 5.32 Å². The summed E-state index contributed by atoms with van der Waals surface area (Å²) in [6.07, 6.45) is -0.270. The van der Waals surface area contributed by atoms with Gasteiger partial charge in [-0.15, -0.1) is 0 Å². The van der Waals surface area contributed by atoms with Crippen molar-refractivity contribution in [3.8, 4) is 5.75 Å². The van der Waals surface area contributed by atoms with Gasteiger partial charge in [-0.05, 0) is 18.6 Å². The molecule has 0 radical (unpaired) electrons. The Morgan fingerprint density at radius 1 is 1.23 bits per heavy atom. The SMILES string of the molecule is COc1cc(N2C(=O)C3C(CC(N)=O)NC4(C(=O)Nc5ccccc54)C3C2=O)c(C)cc1[N+](=O)[O-]. The van der Waals surface area contributed by atoms with Gasteiger partial charge in [-0.3, -0.25) is 34.6 Å². The van der Waals surface area contributed by atoms with Gasteiger partial charge in [0.1, 0.15) is 5.54 Å². The second kappa shape index (κ2) is 7.60. The predicted octanol–water partition coefficient (Wildman–Crippen LogP) is 0.712. The Kier molecular flexibility index (Phi) is 4.88. The van der Waals surface area contributed by atoms with Gasteiger partial charge in [-0.25, -0.2) is 4.90 Å². The minimum Gasteiger partial charge on any atom is -0.490 e. The zero-order valence-electron chi connectivity index (χ0n) is 18.7. The van der Waals surface area contributed by atoms with Crippen LogP contribution in [0.3, 0.4) is 0 Å². The first-order chi connectivity index (χ1) is 16.6. The fourth-order valence-corrected chi connectivity index (χ4v) is 5.60. The highest BCUT2D eigenvalue weighted by molar-refractivity contribution is 6.26. The largest absolute Gasteiger partial charge is 0.490 e. The molecule has 0 bridgehead atoms. The molecule has 12 heteroatoms. The molecule has 0 aromatic heterocycles. The number of nitro benzene ring substituents is 1. The smallest absolute Gasteiger partial charge is 0.311 e. The van der Waals surface area contributed by atoms with E-state index in [4.69, 9.17) is 10.5 Å². The van der Waals surface area contributed by atoms with Crippen LogP contribution in [-0.4, -0.2) is 41.7 Å². The molecule has 4 unspecified atom stereocenters. The number of nitrogens with zero attached hydrogens (tertiary/aromatic N) is 2. The minimum absolute atomic E-state index is 0.108. The Hall–Kier alpha value is -4.32. The lowest BCUT2D eigenvalue weighted by Crippen LogP contribution is -2.53. The highest BCUT2D eigenvalue weighted by Gasteiger charge is 2.70. The molecule has 2 saturated heterocycles. The van der Waals surface area contributed by atoms with Crippen LogP contribution in [0.5, 0.6) is 5.75 Å². The van der Waals surface area contributed by atoms with E-state index in [-0.39, 0.29) is 23.5 Å². The molecule has 3 aliphatic rings. The number of fused-ring (bicyclic) bond motifs is 4. The fourth-order valence-electron chi connectivity index (χ4n) is 5.60. The molecule has 180 valence electrons. The summed E-state index contributed by atoms with van der Waals surface area (Å²) in [7, 11) is 1.24. The summed E-state index contributed by atoms with van der Waals surface area (Å²) in [5.41, 5.74) is 4.93. The monoisotopic (exact) mass is 479 g/mol. The number of nitro groups is 1. The molecule has 2 aromatic carbocycles. The topological polar surface area (TPSA) is 174 Å². The summed E-state index contributed by atoms with van der Waals surface area (Å²) in [6.45, 7) is 1.53. The fraction of sp³-hybridized carbons (Fsp3) is 0.304. The van der Waals surface area contributed by atoms with Crippen LogP contribution in [0, 0.1) is 28.9 Å². The predicted molar refractivity (Wildman–Crippen MR) is 121 cm³/mol. The van der Waals surface area contributed by atoms with Crippen molar-refractivity contribution in [1.29, 1.82) is 0 Å². The number of benzene rings is 2. The molecule has 12 nitrogen and oxygen atoms in total. The van der Waals surface area contributed by atoms with Crippen molar-refractivity contribution in [3.05, 3.63) is 57.6 Å². The number of nitrogens with two attached hydrogens (primary N) is 1. The van der Waals surface area contributed by atoms with Crippen LogP contribution in [0.4, 0.5) is 17.1 Å². The number of rotatable bonds is 5. The number of carbonyl (C=O) groups excluding carboxylic acids is 4. The quantitative estimate of drug-likeness (QED) is 0.319. The van der Waals surface area contributed by atoms with Gasteiger partial charge in [0, 0.05) is 35.8 Å². The molecule has 4 N–H and O–H groups in total. The zero-order chi connectivity index (χ0) is 25.2. The van der Waals surface area contributed by atoms with E-state index in [0.717, 1.165) is 4.90 Å². The summed E-state index contributed by atoms with van der Waals surface area (Å²) in [4.78, 5) is 64.5. The molecule has 4 atom stereocenters. The standard InChI is InChI=1S/C23H21N5O7/c1-10-7-15(28(33)34)16(35-2)9-14(10)27-20(30)18-13(8-17(24)29)26-23(19(18)21(27)31)11-5-3-4-6-12(11)25-22(23)32/h3-7,9,13,18-19,26H,8H2,1-2H3,(H2,24,29)(H,25,32). The average Bonchev–Trinajstić information content (AvgIpc) is 3.38. The lowest BCUT2D eigenvalue weighted by Gasteiger charge is -2.29. The van der Waals surface area contributed by atoms with Crippen LogP contribution < -0.4 is 26.0 Å². The van der Waals surface area contributed by atoms with Gasteiger partial charge in [-0.1, -0.05) is 18.2 Å². The molecule has 3 aliphatic heterocycles. The summed E-state index contributed by atoms with van der Waals surface area (Å²) < 4.78 is 5.13. The van der Waals surface area contributed by atoms with Gasteiger partial charge in [0.05, 0.1) is 29.6 Å². The van der Waals surface area contributed by atoms with Crippen LogP contribution in [-0.2, 0) is 24.7 Å². The Balaban J connectivity index is 1.68. The van der Waals surface area contributed by atoms with Crippen molar-refractivity contribution in [2.75, 3.05) is 17.3 Å². The summed E-state index contributed by atoms with van der Waals surface area (Å²) in [5.74, 6) is -4.86. The Morgan fingerprint density at radius 3 is 2.60 bits per heavy atom. The number of hydrogen-bond donors (Lipinski definition) is 3. The number of aryl methyl sites for hydroxylation is 1. The number of imide groups is 1. The van der Waals surface area contributed by atoms with E-state index in [1.807, 2.05) is 0 Å². The van der Waals surface area contributed by atoms with Gasteiger partial charge in [0.25, 0.3) is 0 Å². The van der Waals surface area contributed by atoms with Crippen LogP contribution in [0.1, 0.15) is 17.5 Å². The van der Waals surface area contributed by atoms with Gasteiger partial charge in [0.15, 0.2) is 5.75 Å². The number of primary amides is 1. The van der Waals surface area contributed by atoms with E-state index in [1.54, 1.807) is 24.3 Å². The molecule has 0 saturated carbocycles. The van der Waals surface area contributed by atoms with Gasteiger partial charge in [-0.2, -0.15) is 0 Å². The lowest BCUT2D eigenvalue weighted by atomic mass is 9.76. The molecule has 2 fully saturated rings. The van der Waals surface area contributed by atoms with Crippen molar-refractivity contribution in [2.45, 2.75) is 24.9 Å². The summed E-state index contributed by atoms with van der Waals surface area (Å²) in [6, 6.07) is 8.41. The van der Waals surface area contributed by atoms with Crippen LogP contribution >= 0.6 is 0 Å². The number of nitrogens with one attached hydrogen (secondary N) is 2.